The number of allylic oxidation sites excluding steroid dienone is 12. The van der Waals surface area contributed by atoms with Gasteiger partial charge in [-0.1, -0.05) is 227 Å². The molecule has 692 valence electrons. The summed E-state index contributed by atoms with van der Waals surface area (Å²) in [5.74, 6) is -10.6. The molecule has 27 heteroatoms. The third-order valence-corrected chi connectivity index (χ3v) is 22.9. The van der Waals surface area contributed by atoms with Gasteiger partial charge in [-0.15, -0.1) is 0 Å². The van der Waals surface area contributed by atoms with Gasteiger partial charge in [0, 0.05) is 66.8 Å². The highest BCUT2D eigenvalue weighted by atomic mass is 19.3. The van der Waals surface area contributed by atoms with Gasteiger partial charge in [0.2, 0.25) is 0 Å². The molecule has 3 amide bonds. The Hall–Kier alpha value is -15.3. The van der Waals surface area contributed by atoms with E-state index < -0.39 is 109 Å². The molecule has 3 aliphatic carbocycles. The fourth-order valence-electron chi connectivity index (χ4n) is 15.1. The second-order valence-electron chi connectivity index (χ2n) is 33.5. The van der Waals surface area contributed by atoms with E-state index in [0.717, 1.165) is 127 Å². The van der Waals surface area contributed by atoms with Crippen LogP contribution >= 0.6 is 0 Å². The lowest BCUT2D eigenvalue weighted by atomic mass is 9.86. The van der Waals surface area contributed by atoms with E-state index in [9.17, 15) is 90.4 Å². The van der Waals surface area contributed by atoms with Crippen molar-refractivity contribution in [1.82, 2.24) is 16.0 Å². The van der Waals surface area contributed by atoms with Gasteiger partial charge in [-0.3, -0.25) is 43.2 Å². The Balaban J connectivity index is 0.000000182. The maximum absolute atomic E-state index is 13.9. The van der Waals surface area contributed by atoms with Gasteiger partial charge in [-0.05, 0) is 222 Å². The molecule has 14 rings (SSSR count). The number of carboxylic acid groups (broad SMARTS) is 3. The molecular weight excluding hydrogens is 1740 g/mol. The van der Waals surface area contributed by atoms with Crippen LogP contribution in [0.25, 0.3) is 44.6 Å². The first-order valence-electron chi connectivity index (χ1n) is 43.7. The number of nitrogens with one attached hydrogen (secondary N) is 3. The Kier molecular flexibility index (Phi) is 32.7. The number of aliphatic hydroxyl groups is 3. The number of carbonyl (C=O) groups is 12. The van der Waals surface area contributed by atoms with Gasteiger partial charge in [-0.2, -0.15) is 17.6 Å². The second-order valence-corrected chi connectivity index (χ2v) is 33.5. The summed E-state index contributed by atoms with van der Waals surface area (Å²) in [6, 6.07) is 66.5. The molecule has 0 saturated heterocycles. The third-order valence-electron chi connectivity index (χ3n) is 22.9. The highest BCUT2D eigenvalue weighted by Gasteiger charge is 2.66. The minimum Gasteiger partial charge on any atom is -0.479 e. The van der Waals surface area contributed by atoms with Crippen molar-refractivity contribution in [3.05, 3.63) is 368 Å². The predicted octanol–water partition coefficient (Wildman–Crippen LogP) is 18.8. The Morgan fingerprint density at radius 3 is 0.896 bits per heavy atom. The average molecular weight is 1830 g/mol. The lowest BCUT2D eigenvalue weighted by Gasteiger charge is -2.31. The van der Waals surface area contributed by atoms with E-state index in [1.54, 1.807) is 36.4 Å². The molecule has 0 radical (unpaired) electrons. The maximum atomic E-state index is 13.9. The normalized spacial score (nSPS) is 15.2. The number of aliphatic carboxylic acids is 3. The molecule has 0 bridgehead atoms. The molecule has 0 spiro atoms. The summed E-state index contributed by atoms with van der Waals surface area (Å²) in [5.41, 5.74) is 13.5. The number of ether oxygens (including phenoxy) is 2. The van der Waals surface area contributed by atoms with E-state index in [1.807, 2.05) is 115 Å². The minimum atomic E-state index is -4.99. The summed E-state index contributed by atoms with van der Waals surface area (Å²) < 4.78 is 62.9. The van der Waals surface area contributed by atoms with Crippen molar-refractivity contribution in [3.8, 4) is 22.6 Å². The van der Waals surface area contributed by atoms with E-state index in [-0.39, 0.29) is 84.2 Å². The van der Waals surface area contributed by atoms with E-state index in [0.29, 0.717) is 27.8 Å². The number of alkyl halides is 4. The SMILES string of the molecule is CC(C)(C)c1ccc(C(=O)/C=C(\C(=O)c2ccc(C(=O)NC[C@@H](O)C(=O)O)cc2)c2ccc(C3=CCCCC3)cc2)cc1.O=C(/C=C(\C(=O)c1ccc(C(=O)NC[C@@H](O)C(=O)O)cc1)c1ccc(C2=CCCCC2)cc1)c1ccc(-c2ccccc2)cc1.O=C(/C=C(\C(=O)c1ccc(C(=O)NC[C@@H](O)C(=O)O)cc1)c1ccc(C2=CCCCC2)cc1)c1ccc2c(c1)OC(F)(F)C(F)(F)O2. The van der Waals surface area contributed by atoms with E-state index in [4.69, 9.17) is 15.3 Å². The first-order chi connectivity index (χ1) is 64.5. The number of amides is 3. The van der Waals surface area contributed by atoms with Crippen LogP contribution in [0, 0.1) is 0 Å². The fraction of sp³-hybridized carbons (Fsp3) is 0.222. The number of halogens is 4. The van der Waals surface area contributed by atoms with Crippen molar-refractivity contribution >= 4 is 104 Å². The first kappa shape index (κ1) is 98.7. The van der Waals surface area contributed by atoms with E-state index >= 15 is 0 Å². The van der Waals surface area contributed by atoms with Crippen LogP contribution in [-0.4, -0.2) is 151 Å². The summed E-state index contributed by atoms with van der Waals surface area (Å²) >= 11 is 0. The Labute approximate surface area is 775 Å². The van der Waals surface area contributed by atoms with Crippen LogP contribution in [0.3, 0.4) is 0 Å². The molecule has 10 aromatic carbocycles. The molecule has 0 unspecified atom stereocenters. The van der Waals surface area contributed by atoms with Crippen LogP contribution in [0.4, 0.5) is 17.6 Å². The lowest BCUT2D eigenvalue weighted by molar-refractivity contribution is -0.391. The van der Waals surface area contributed by atoms with Gasteiger partial charge in [0.15, 0.2) is 64.5 Å². The number of Topliss-reactive ketones (excluding diaryl/α,β-unsaturated/α-hetero) is 3. The minimum absolute atomic E-state index is 0.0597. The van der Waals surface area contributed by atoms with Crippen molar-refractivity contribution in [2.24, 2.45) is 0 Å². The Morgan fingerprint density at radius 2 is 0.593 bits per heavy atom. The zero-order chi connectivity index (χ0) is 96.8. The molecule has 0 aromatic heterocycles. The molecule has 1 heterocycles. The van der Waals surface area contributed by atoms with Crippen molar-refractivity contribution < 1.29 is 115 Å². The molecule has 135 heavy (non-hydrogen) atoms. The van der Waals surface area contributed by atoms with Gasteiger partial charge in [0.05, 0.1) is 19.6 Å². The van der Waals surface area contributed by atoms with Crippen LogP contribution in [0.5, 0.6) is 11.5 Å². The maximum Gasteiger partial charge on any atom is 0.507 e. The average Bonchev–Trinajstić information content (AvgIpc) is 0.758. The zero-order valence-corrected chi connectivity index (χ0v) is 73.8. The Morgan fingerprint density at radius 1 is 0.326 bits per heavy atom. The van der Waals surface area contributed by atoms with Crippen LogP contribution < -0.4 is 25.4 Å². The number of aliphatic hydroxyl groups excluding tert-OH is 3. The zero-order valence-electron chi connectivity index (χ0n) is 73.8. The number of hydrogen-bond acceptors (Lipinski definition) is 17. The van der Waals surface area contributed by atoms with Gasteiger partial charge < -0.3 is 56.1 Å². The quantitative estimate of drug-likeness (QED) is 0.0111. The lowest BCUT2D eigenvalue weighted by Crippen LogP contribution is -2.52. The highest BCUT2D eigenvalue weighted by Crippen LogP contribution is 2.48. The van der Waals surface area contributed by atoms with Crippen molar-refractivity contribution in [3.63, 3.8) is 0 Å². The molecular formula is C108H97F4N3O20. The number of carboxylic acids is 3. The molecule has 0 saturated carbocycles. The molecule has 0 fully saturated rings. The number of fused-ring (bicyclic) bond motifs is 1. The highest BCUT2D eigenvalue weighted by molar-refractivity contribution is 6.35. The van der Waals surface area contributed by atoms with Crippen LogP contribution in [0.2, 0.25) is 0 Å². The number of hydrogen-bond donors (Lipinski definition) is 9. The molecule has 9 N–H and O–H groups in total. The summed E-state index contributed by atoms with van der Waals surface area (Å²) in [5, 5.41) is 61.6. The number of rotatable bonds is 31. The molecule has 3 atom stereocenters. The summed E-state index contributed by atoms with van der Waals surface area (Å²) in [4.78, 5) is 151. The topological polar surface area (TPSA) is 381 Å². The monoisotopic (exact) mass is 1830 g/mol. The van der Waals surface area contributed by atoms with Gasteiger partial charge in [0.1, 0.15) is 0 Å². The van der Waals surface area contributed by atoms with Crippen molar-refractivity contribution in [2.75, 3.05) is 19.6 Å². The fourth-order valence-corrected chi connectivity index (χ4v) is 15.1. The van der Waals surface area contributed by atoms with E-state index in [1.165, 1.54) is 109 Å². The third kappa shape index (κ3) is 25.9. The molecule has 10 aromatic rings. The predicted molar refractivity (Wildman–Crippen MR) is 500 cm³/mol. The first-order valence-corrected chi connectivity index (χ1v) is 43.7. The number of carbonyl (C=O) groups excluding carboxylic acids is 9. The second kappa shape index (κ2) is 44.7. The summed E-state index contributed by atoms with van der Waals surface area (Å²) in [6.07, 6.45) is 7.95. The smallest absolute Gasteiger partial charge is 0.479 e. The van der Waals surface area contributed by atoms with Gasteiger partial charge in [0.25, 0.3) is 17.7 Å². The van der Waals surface area contributed by atoms with Crippen molar-refractivity contribution in [1.29, 1.82) is 0 Å². The van der Waals surface area contributed by atoms with Crippen LogP contribution in [-0.2, 0) is 19.8 Å². The summed E-state index contributed by atoms with van der Waals surface area (Å²) in [7, 11) is 0. The van der Waals surface area contributed by atoms with Gasteiger partial charge >= 0.3 is 30.1 Å². The standard InChI is InChI=1S/C38H33NO6.C36H37NO6.C34H27F4NO8/c40-34(30-17-13-28(14-18-30)26-9-5-2-6-10-26)23-33(29-15-11-27(12-16-29)25-7-3-1-4-8-25)36(42)31-19-21-32(22-20-31)37(43)39-24-35(41)38(44)45;1-36(2,3)29-19-17-26(18-20-29)31(38)21-30(25-11-9-24(10-12-25)23-7-5-4-6-8-23)33(40)27-13-15-28(16-14-27)34(41)37-22-32(39)35(42)43;35-33(36)34(37,38)47-29-16-24(14-15-28(29)46-33)26(40)17-25(21-8-6-20(7-9-21)19-4-2-1-3-5-19)30(42)22-10-12-23(13-11-22)31(43)39-18-27(41)32(44)45/h2,5-7,9-23,35,41H,1,3-4,8,24H2,(H,39,43)(H,44,45);7,9-21,32,39H,4-6,8,22H2,1-3H3,(H,37,41)(H,42,43);4,6-17,27,41H,1-3,5,18H2,(H,39,43)(H,44,45)/b33-23-;30-21-;25-17-/t35-;32-;27-/m111/s1. The van der Waals surface area contributed by atoms with Crippen LogP contribution in [0.15, 0.2) is 279 Å². The largest absolute Gasteiger partial charge is 0.507 e. The number of ketones is 6. The Bertz CT molecular complexity index is 6310. The molecule has 23 nitrogen and oxygen atoms in total. The van der Waals surface area contributed by atoms with Crippen LogP contribution in [0.1, 0.15) is 230 Å². The molecule has 1 aliphatic heterocycles. The summed E-state index contributed by atoms with van der Waals surface area (Å²) in [6.45, 7) is 4.85. The number of benzene rings is 10. The molecule has 4 aliphatic rings. The van der Waals surface area contributed by atoms with Crippen molar-refractivity contribution in [2.45, 2.75) is 134 Å². The van der Waals surface area contributed by atoms with E-state index in [2.05, 4.69) is 64.4 Å². The van der Waals surface area contributed by atoms with Gasteiger partial charge in [-0.25, -0.2) is 14.4 Å².